The summed E-state index contributed by atoms with van der Waals surface area (Å²) in [6.07, 6.45) is 1.38. The van der Waals surface area contributed by atoms with E-state index in [9.17, 15) is 4.39 Å². The van der Waals surface area contributed by atoms with Crippen LogP contribution in [-0.4, -0.2) is 18.3 Å². The van der Waals surface area contributed by atoms with Crippen molar-refractivity contribution in [3.05, 3.63) is 30.1 Å². The van der Waals surface area contributed by atoms with Gasteiger partial charge in [-0.2, -0.15) is 0 Å². The fraction of sp³-hybridized carbons (Fsp3) is 0.538. The Morgan fingerprint density at radius 1 is 1.35 bits per heavy atom. The first-order valence-corrected chi connectivity index (χ1v) is 6.09. The Bertz CT molecular complexity index is 289. The first kappa shape index (κ1) is 15.9. The van der Waals surface area contributed by atoms with E-state index in [4.69, 9.17) is 5.21 Å². The van der Waals surface area contributed by atoms with Gasteiger partial charge in [0.1, 0.15) is 5.82 Å². The average Bonchev–Trinajstić information content (AvgIpc) is 2.84. The molecule has 1 fully saturated rings. The van der Waals surface area contributed by atoms with E-state index in [-0.39, 0.29) is 5.69 Å². The Kier molecular flexibility index (Phi) is 9.38. The van der Waals surface area contributed by atoms with Crippen LogP contribution in [0, 0.1) is 11.7 Å². The van der Waals surface area contributed by atoms with Gasteiger partial charge in [-0.3, -0.25) is 10.7 Å². The fourth-order valence-corrected chi connectivity index (χ4v) is 1.35. The van der Waals surface area contributed by atoms with Crippen molar-refractivity contribution in [1.82, 2.24) is 5.32 Å². The summed E-state index contributed by atoms with van der Waals surface area (Å²) in [6, 6.07) is 5.88. The minimum Gasteiger partial charge on any atom is -0.316 e. The number of hydrogen-bond donors (Lipinski definition) is 3. The van der Waals surface area contributed by atoms with Crippen LogP contribution in [0.2, 0.25) is 0 Å². The molecule has 1 aliphatic rings. The molecule has 17 heavy (non-hydrogen) atoms. The van der Waals surface area contributed by atoms with E-state index >= 15 is 0 Å². The van der Waals surface area contributed by atoms with Crippen LogP contribution in [0.1, 0.15) is 27.2 Å². The molecule has 1 saturated heterocycles. The van der Waals surface area contributed by atoms with Gasteiger partial charge in [0.2, 0.25) is 0 Å². The second-order valence-electron chi connectivity index (χ2n) is 3.69. The van der Waals surface area contributed by atoms with Crippen LogP contribution < -0.4 is 10.8 Å². The molecule has 0 amide bonds. The van der Waals surface area contributed by atoms with Crippen LogP contribution in [0.4, 0.5) is 10.1 Å². The highest BCUT2D eigenvalue weighted by molar-refractivity contribution is 5.41. The highest BCUT2D eigenvalue weighted by Crippen LogP contribution is 2.09. The third-order valence-corrected chi connectivity index (χ3v) is 2.30. The zero-order valence-electron chi connectivity index (χ0n) is 10.8. The Labute approximate surface area is 103 Å². The molecule has 0 aromatic heterocycles. The maximum atomic E-state index is 12.4. The van der Waals surface area contributed by atoms with Crippen molar-refractivity contribution in [2.24, 2.45) is 5.92 Å². The van der Waals surface area contributed by atoms with Crippen molar-refractivity contribution < 1.29 is 9.60 Å². The van der Waals surface area contributed by atoms with Crippen LogP contribution >= 0.6 is 0 Å². The van der Waals surface area contributed by atoms with Crippen molar-refractivity contribution in [3.8, 4) is 0 Å². The Balaban J connectivity index is 0.000000278. The predicted molar refractivity (Wildman–Crippen MR) is 69.8 cm³/mol. The van der Waals surface area contributed by atoms with Crippen LogP contribution in [0.3, 0.4) is 0 Å². The first-order valence-electron chi connectivity index (χ1n) is 6.09. The summed E-state index contributed by atoms with van der Waals surface area (Å²) >= 11 is 0. The van der Waals surface area contributed by atoms with Crippen molar-refractivity contribution in [3.63, 3.8) is 0 Å². The topological polar surface area (TPSA) is 44.3 Å². The van der Waals surface area contributed by atoms with Gasteiger partial charge in [-0.1, -0.05) is 32.9 Å². The zero-order valence-corrected chi connectivity index (χ0v) is 10.8. The Hall–Kier alpha value is -1.13. The maximum Gasteiger partial charge on any atom is 0.148 e. The van der Waals surface area contributed by atoms with Crippen molar-refractivity contribution in [2.75, 3.05) is 18.6 Å². The first-order chi connectivity index (χ1) is 8.24. The molecule has 2 rings (SSSR count). The highest BCUT2D eigenvalue weighted by Gasteiger charge is 2.06. The van der Waals surface area contributed by atoms with Gasteiger partial charge in [0, 0.05) is 0 Å². The molecule has 1 aliphatic heterocycles. The monoisotopic (exact) mass is 242 g/mol. The molecule has 1 aromatic rings. The molecule has 1 aromatic carbocycles. The Morgan fingerprint density at radius 3 is 2.29 bits per heavy atom. The molecule has 3 N–H and O–H groups in total. The molecule has 3 nitrogen and oxygen atoms in total. The molecule has 1 heterocycles. The highest BCUT2D eigenvalue weighted by atomic mass is 19.1. The lowest BCUT2D eigenvalue weighted by Crippen LogP contribution is -2.06. The molecule has 1 atom stereocenters. The van der Waals surface area contributed by atoms with Crippen LogP contribution in [0.25, 0.3) is 0 Å². The molecule has 0 aliphatic carbocycles. The minimum atomic E-state index is -0.458. The summed E-state index contributed by atoms with van der Waals surface area (Å²) in [4.78, 5) is 0. The lowest BCUT2D eigenvalue weighted by atomic mass is 10.2. The van der Waals surface area contributed by atoms with E-state index in [1.165, 1.54) is 31.6 Å². The van der Waals surface area contributed by atoms with Crippen molar-refractivity contribution >= 4 is 5.69 Å². The third kappa shape index (κ3) is 6.92. The summed E-state index contributed by atoms with van der Waals surface area (Å²) in [7, 11) is 0. The zero-order chi connectivity index (χ0) is 13.1. The SMILES string of the molecule is CC.CC1CCNC1.ONc1ccccc1F. The van der Waals surface area contributed by atoms with Gasteiger partial charge in [0.15, 0.2) is 0 Å². The van der Waals surface area contributed by atoms with Crippen LogP contribution in [-0.2, 0) is 0 Å². The van der Waals surface area contributed by atoms with E-state index in [1.807, 2.05) is 13.8 Å². The van der Waals surface area contributed by atoms with E-state index < -0.39 is 5.82 Å². The summed E-state index contributed by atoms with van der Waals surface area (Å²) in [5, 5.41) is 11.5. The number of rotatable bonds is 1. The molecular formula is C13H23FN2O. The number of anilines is 1. The molecule has 1 unspecified atom stereocenters. The standard InChI is InChI=1S/C6H6FNO.C5H11N.C2H6/c7-5-3-1-2-4-6(5)8-9;1-5-2-3-6-4-5;1-2/h1-4,8-9H;5-6H,2-4H2,1H3;1-2H3. The molecule has 0 saturated carbocycles. The lowest BCUT2D eigenvalue weighted by Gasteiger charge is -1.96. The number of nitrogens with one attached hydrogen (secondary N) is 2. The minimum absolute atomic E-state index is 0.0949. The van der Waals surface area contributed by atoms with Crippen LogP contribution in [0.5, 0.6) is 0 Å². The number of hydrogen-bond acceptors (Lipinski definition) is 3. The molecule has 4 heteroatoms. The summed E-state index contributed by atoms with van der Waals surface area (Å²) in [5.41, 5.74) is 1.82. The van der Waals surface area contributed by atoms with E-state index in [0.29, 0.717) is 0 Å². The van der Waals surface area contributed by atoms with Crippen molar-refractivity contribution in [1.29, 1.82) is 0 Å². The average molecular weight is 242 g/mol. The normalized spacial score (nSPS) is 17.4. The smallest absolute Gasteiger partial charge is 0.148 e. The fourth-order valence-electron chi connectivity index (χ4n) is 1.35. The number of benzene rings is 1. The van der Waals surface area contributed by atoms with Gasteiger partial charge in [-0.25, -0.2) is 4.39 Å². The van der Waals surface area contributed by atoms with Gasteiger partial charge in [-0.15, -0.1) is 0 Å². The van der Waals surface area contributed by atoms with E-state index in [2.05, 4.69) is 12.2 Å². The number of halogens is 1. The summed E-state index contributed by atoms with van der Waals surface area (Å²) in [5.74, 6) is 0.477. The summed E-state index contributed by atoms with van der Waals surface area (Å²) < 4.78 is 12.4. The molecule has 0 bridgehead atoms. The van der Waals surface area contributed by atoms with Gasteiger partial charge in [-0.05, 0) is 37.6 Å². The molecule has 98 valence electrons. The molecule has 0 spiro atoms. The second-order valence-corrected chi connectivity index (χ2v) is 3.69. The largest absolute Gasteiger partial charge is 0.316 e. The van der Waals surface area contributed by atoms with Gasteiger partial charge in [0.05, 0.1) is 5.69 Å². The third-order valence-electron chi connectivity index (χ3n) is 2.30. The van der Waals surface area contributed by atoms with Crippen molar-refractivity contribution in [2.45, 2.75) is 27.2 Å². The molecular weight excluding hydrogens is 219 g/mol. The summed E-state index contributed by atoms with van der Waals surface area (Å²) in [6.45, 7) is 8.75. The van der Waals surface area contributed by atoms with Gasteiger partial charge in [0.25, 0.3) is 0 Å². The van der Waals surface area contributed by atoms with Gasteiger partial charge < -0.3 is 5.32 Å². The quantitative estimate of drug-likeness (QED) is 0.662. The van der Waals surface area contributed by atoms with Gasteiger partial charge >= 0.3 is 0 Å². The predicted octanol–water partition coefficient (Wildman–Crippen LogP) is 3.27. The second kappa shape index (κ2) is 10.1. The number of para-hydroxylation sites is 1. The van der Waals surface area contributed by atoms with Crippen LogP contribution in [0.15, 0.2) is 24.3 Å². The lowest BCUT2D eigenvalue weighted by molar-refractivity contribution is 0.384. The van der Waals surface area contributed by atoms with E-state index in [0.717, 1.165) is 5.92 Å². The van der Waals surface area contributed by atoms with E-state index in [1.54, 1.807) is 17.6 Å². The Morgan fingerprint density at radius 2 is 2.00 bits per heavy atom. The maximum absolute atomic E-state index is 12.4. The molecule has 0 radical (unpaired) electrons.